The Morgan fingerprint density at radius 2 is 2.23 bits per heavy atom. The van der Waals surface area contributed by atoms with Gasteiger partial charge in [-0.25, -0.2) is 0 Å². The molecule has 13 heavy (non-hydrogen) atoms. The minimum absolute atomic E-state index is 0.820. The zero-order valence-corrected chi connectivity index (χ0v) is 8.12. The normalized spacial score (nSPS) is 16.7. The van der Waals surface area contributed by atoms with Gasteiger partial charge in [-0.05, 0) is 43.4 Å². The number of rotatable bonds is 3. The molecule has 0 bridgehead atoms. The van der Waals surface area contributed by atoms with E-state index in [4.69, 9.17) is 4.74 Å². The van der Waals surface area contributed by atoms with Gasteiger partial charge in [-0.2, -0.15) is 0 Å². The Morgan fingerprint density at radius 3 is 2.85 bits per heavy atom. The predicted molar refractivity (Wildman–Crippen MR) is 54.0 cm³/mol. The van der Waals surface area contributed by atoms with Crippen molar-refractivity contribution in [3.63, 3.8) is 0 Å². The molecule has 70 valence electrons. The fraction of sp³-hybridized carbons (Fsp3) is 0.500. The standard InChI is InChI=1S/C12H16O/c1-10-4-2-7-12(8-10)13-9-11-5-3-6-11/h2,4,7-8,11H,3,5-6,9H2,1H3. The lowest BCUT2D eigenvalue weighted by Crippen LogP contribution is -2.19. The number of hydrogen-bond acceptors (Lipinski definition) is 1. The minimum Gasteiger partial charge on any atom is -0.493 e. The van der Waals surface area contributed by atoms with E-state index >= 15 is 0 Å². The van der Waals surface area contributed by atoms with E-state index in [1.165, 1.54) is 24.8 Å². The molecule has 1 aromatic carbocycles. The Bertz CT molecular complexity index is 276. The van der Waals surface area contributed by atoms with Crippen molar-refractivity contribution < 1.29 is 4.74 Å². The quantitative estimate of drug-likeness (QED) is 0.687. The molecular weight excluding hydrogens is 160 g/mol. The van der Waals surface area contributed by atoms with Crippen LogP contribution < -0.4 is 4.74 Å². The van der Waals surface area contributed by atoms with Crippen LogP contribution in [0.2, 0.25) is 0 Å². The van der Waals surface area contributed by atoms with Gasteiger partial charge in [0, 0.05) is 0 Å². The van der Waals surface area contributed by atoms with Gasteiger partial charge in [-0.1, -0.05) is 18.6 Å². The van der Waals surface area contributed by atoms with Crippen LogP contribution in [0.15, 0.2) is 24.3 Å². The fourth-order valence-corrected chi connectivity index (χ4v) is 1.58. The number of ether oxygens (including phenoxy) is 1. The Kier molecular flexibility index (Phi) is 2.53. The average Bonchev–Trinajstić information content (AvgIpc) is 2.01. The van der Waals surface area contributed by atoms with Crippen molar-refractivity contribution in [2.75, 3.05) is 6.61 Å². The summed E-state index contributed by atoms with van der Waals surface area (Å²) in [5.74, 6) is 1.84. The van der Waals surface area contributed by atoms with Gasteiger partial charge in [0.15, 0.2) is 0 Å². The van der Waals surface area contributed by atoms with E-state index < -0.39 is 0 Å². The molecule has 0 saturated heterocycles. The molecule has 1 heteroatoms. The molecule has 1 aliphatic carbocycles. The second kappa shape index (κ2) is 3.82. The maximum atomic E-state index is 5.69. The number of hydrogen-bond donors (Lipinski definition) is 0. The summed E-state index contributed by atoms with van der Waals surface area (Å²) in [5.41, 5.74) is 1.27. The van der Waals surface area contributed by atoms with Crippen LogP contribution in [0.4, 0.5) is 0 Å². The van der Waals surface area contributed by atoms with Crippen LogP contribution in [0.5, 0.6) is 5.75 Å². The lowest BCUT2D eigenvalue weighted by atomic mass is 9.86. The second-order valence-corrected chi connectivity index (χ2v) is 3.92. The summed E-state index contributed by atoms with van der Waals surface area (Å²) in [7, 11) is 0. The highest BCUT2D eigenvalue weighted by Crippen LogP contribution is 2.27. The SMILES string of the molecule is Cc1cccc(OCC2CCC2)c1. The van der Waals surface area contributed by atoms with Crippen LogP contribution in [0.3, 0.4) is 0 Å². The van der Waals surface area contributed by atoms with Gasteiger partial charge in [0.05, 0.1) is 6.61 Å². The summed E-state index contributed by atoms with van der Waals surface area (Å²) < 4.78 is 5.69. The summed E-state index contributed by atoms with van der Waals surface area (Å²) in [6.07, 6.45) is 4.10. The zero-order valence-electron chi connectivity index (χ0n) is 8.12. The van der Waals surface area contributed by atoms with E-state index in [2.05, 4.69) is 19.1 Å². The molecule has 0 heterocycles. The van der Waals surface area contributed by atoms with Crippen molar-refractivity contribution in [2.24, 2.45) is 5.92 Å². The topological polar surface area (TPSA) is 9.23 Å². The van der Waals surface area contributed by atoms with Crippen LogP contribution in [0.25, 0.3) is 0 Å². The first kappa shape index (κ1) is 8.61. The molecule has 0 unspecified atom stereocenters. The highest BCUT2D eigenvalue weighted by atomic mass is 16.5. The van der Waals surface area contributed by atoms with Gasteiger partial charge in [-0.3, -0.25) is 0 Å². The van der Waals surface area contributed by atoms with E-state index in [-0.39, 0.29) is 0 Å². The van der Waals surface area contributed by atoms with E-state index in [0.717, 1.165) is 18.3 Å². The molecule has 0 N–H and O–H groups in total. The molecule has 0 aromatic heterocycles. The van der Waals surface area contributed by atoms with E-state index in [9.17, 15) is 0 Å². The molecule has 0 amide bonds. The Labute approximate surface area is 79.7 Å². The summed E-state index contributed by atoms with van der Waals surface area (Å²) in [4.78, 5) is 0. The monoisotopic (exact) mass is 176 g/mol. The van der Waals surface area contributed by atoms with Crippen LogP contribution in [-0.4, -0.2) is 6.61 Å². The van der Waals surface area contributed by atoms with Gasteiger partial charge in [-0.15, -0.1) is 0 Å². The summed E-state index contributed by atoms with van der Waals surface area (Å²) in [5, 5.41) is 0. The Balaban J connectivity index is 1.86. The molecule has 1 aliphatic rings. The Morgan fingerprint density at radius 1 is 1.38 bits per heavy atom. The summed E-state index contributed by atoms with van der Waals surface area (Å²) >= 11 is 0. The Hall–Kier alpha value is -0.980. The molecule has 2 rings (SSSR count). The summed E-state index contributed by atoms with van der Waals surface area (Å²) in [6, 6.07) is 8.27. The molecule has 1 aromatic rings. The van der Waals surface area contributed by atoms with Gasteiger partial charge in [0.25, 0.3) is 0 Å². The lowest BCUT2D eigenvalue weighted by Gasteiger charge is -2.25. The van der Waals surface area contributed by atoms with Gasteiger partial charge in [0.2, 0.25) is 0 Å². The van der Waals surface area contributed by atoms with Crippen molar-refractivity contribution in [1.82, 2.24) is 0 Å². The van der Waals surface area contributed by atoms with Crippen LogP contribution in [0.1, 0.15) is 24.8 Å². The van der Waals surface area contributed by atoms with Gasteiger partial charge >= 0.3 is 0 Å². The molecule has 1 saturated carbocycles. The van der Waals surface area contributed by atoms with Crippen LogP contribution in [0, 0.1) is 12.8 Å². The third-order valence-electron chi connectivity index (χ3n) is 2.70. The second-order valence-electron chi connectivity index (χ2n) is 3.92. The first-order chi connectivity index (χ1) is 6.34. The smallest absolute Gasteiger partial charge is 0.119 e. The first-order valence-electron chi connectivity index (χ1n) is 5.04. The van der Waals surface area contributed by atoms with Gasteiger partial charge < -0.3 is 4.74 Å². The highest BCUT2D eigenvalue weighted by Gasteiger charge is 2.17. The van der Waals surface area contributed by atoms with E-state index in [1.807, 2.05) is 12.1 Å². The fourth-order valence-electron chi connectivity index (χ4n) is 1.58. The first-order valence-corrected chi connectivity index (χ1v) is 5.04. The number of aryl methyl sites for hydroxylation is 1. The van der Waals surface area contributed by atoms with Crippen molar-refractivity contribution in [3.8, 4) is 5.75 Å². The molecule has 1 fully saturated rings. The largest absolute Gasteiger partial charge is 0.493 e. The molecular formula is C12H16O. The molecule has 0 spiro atoms. The van der Waals surface area contributed by atoms with Crippen molar-refractivity contribution in [2.45, 2.75) is 26.2 Å². The summed E-state index contributed by atoms with van der Waals surface area (Å²) in [6.45, 7) is 3.00. The minimum atomic E-state index is 0.820. The third kappa shape index (κ3) is 2.24. The zero-order chi connectivity index (χ0) is 9.10. The van der Waals surface area contributed by atoms with E-state index in [1.54, 1.807) is 0 Å². The van der Waals surface area contributed by atoms with Crippen molar-refractivity contribution in [3.05, 3.63) is 29.8 Å². The van der Waals surface area contributed by atoms with Gasteiger partial charge in [0.1, 0.15) is 5.75 Å². The van der Waals surface area contributed by atoms with Crippen LogP contribution >= 0.6 is 0 Å². The highest BCUT2D eigenvalue weighted by molar-refractivity contribution is 5.27. The van der Waals surface area contributed by atoms with Crippen molar-refractivity contribution >= 4 is 0 Å². The third-order valence-corrected chi connectivity index (χ3v) is 2.70. The molecule has 0 atom stereocenters. The number of benzene rings is 1. The average molecular weight is 176 g/mol. The molecule has 1 nitrogen and oxygen atoms in total. The molecule has 0 radical (unpaired) electrons. The van der Waals surface area contributed by atoms with Crippen LogP contribution in [-0.2, 0) is 0 Å². The maximum absolute atomic E-state index is 5.69. The van der Waals surface area contributed by atoms with E-state index in [0.29, 0.717) is 0 Å². The predicted octanol–water partition coefficient (Wildman–Crippen LogP) is 3.17. The lowest BCUT2D eigenvalue weighted by molar-refractivity contribution is 0.180. The van der Waals surface area contributed by atoms with Crippen molar-refractivity contribution in [1.29, 1.82) is 0 Å². The maximum Gasteiger partial charge on any atom is 0.119 e. The molecule has 0 aliphatic heterocycles.